The summed E-state index contributed by atoms with van der Waals surface area (Å²) >= 11 is 0. The van der Waals surface area contributed by atoms with Crippen LogP contribution in [0, 0.1) is 0 Å². The van der Waals surface area contributed by atoms with Gasteiger partial charge in [0.2, 0.25) is 0 Å². The molecule has 106 valence electrons. The molecule has 1 aliphatic carbocycles. The number of nitrogens with zero attached hydrogens (tertiary/aromatic N) is 2. The molecule has 0 fully saturated rings. The monoisotopic (exact) mass is 282 g/mol. The Balaban J connectivity index is 2.80. The van der Waals surface area contributed by atoms with Crippen molar-refractivity contribution in [2.45, 2.75) is 44.8 Å². The molecule has 1 aromatic heterocycles. The number of Topliss-reactive ketones (excluding diaryl/α,β-unsaturated/α-hetero) is 1. The first-order chi connectivity index (χ1) is 8.55. The first-order valence-corrected chi connectivity index (χ1v) is 5.67. The summed E-state index contributed by atoms with van der Waals surface area (Å²) in [6.45, 7) is 2.96. The van der Waals surface area contributed by atoms with Crippen molar-refractivity contribution in [1.82, 2.24) is 9.78 Å². The number of halogens is 5. The molecule has 0 saturated carbocycles. The van der Waals surface area contributed by atoms with E-state index >= 15 is 0 Å². The first-order valence-electron chi connectivity index (χ1n) is 5.67. The van der Waals surface area contributed by atoms with Gasteiger partial charge < -0.3 is 0 Å². The lowest BCUT2D eigenvalue weighted by Gasteiger charge is -2.23. The SMILES string of the molecule is CC(C)n1nc(C(F)(F)F)c2c1C(=O)CCC2(F)F. The van der Waals surface area contributed by atoms with Gasteiger partial charge in [-0.1, -0.05) is 0 Å². The summed E-state index contributed by atoms with van der Waals surface area (Å²) in [6.07, 6.45) is -6.40. The average Bonchev–Trinajstić information content (AvgIpc) is 2.65. The minimum absolute atomic E-state index is 0.476. The molecular weight excluding hydrogens is 271 g/mol. The predicted octanol–water partition coefficient (Wildman–Crippen LogP) is 3.55. The number of alkyl halides is 5. The second-order valence-electron chi connectivity index (χ2n) is 4.74. The van der Waals surface area contributed by atoms with Crippen LogP contribution in [0.2, 0.25) is 0 Å². The second kappa shape index (κ2) is 4.01. The van der Waals surface area contributed by atoms with Crippen molar-refractivity contribution in [3.8, 4) is 0 Å². The number of carbonyl (C=O) groups is 1. The normalized spacial score (nSPS) is 18.8. The van der Waals surface area contributed by atoms with E-state index in [1.54, 1.807) is 0 Å². The van der Waals surface area contributed by atoms with Crippen LogP contribution in [0.3, 0.4) is 0 Å². The Kier molecular flexibility index (Phi) is 2.94. The van der Waals surface area contributed by atoms with E-state index in [1.807, 2.05) is 0 Å². The minimum Gasteiger partial charge on any atom is -0.292 e. The van der Waals surface area contributed by atoms with Crippen molar-refractivity contribution in [2.24, 2.45) is 0 Å². The van der Waals surface area contributed by atoms with E-state index in [-0.39, 0.29) is 0 Å². The molecule has 0 atom stereocenters. The zero-order chi connectivity index (χ0) is 14.6. The Hall–Kier alpha value is -1.47. The van der Waals surface area contributed by atoms with Crippen LogP contribution in [0.5, 0.6) is 0 Å². The van der Waals surface area contributed by atoms with E-state index in [0.29, 0.717) is 0 Å². The lowest BCUT2D eigenvalue weighted by molar-refractivity contribution is -0.146. The van der Waals surface area contributed by atoms with Crippen LogP contribution in [0.25, 0.3) is 0 Å². The van der Waals surface area contributed by atoms with Gasteiger partial charge in [-0.15, -0.1) is 0 Å². The minimum atomic E-state index is -5.01. The highest BCUT2D eigenvalue weighted by atomic mass is 19.4. The number of ketones is 1. The lowest BCUT2D eigenvalue weighted by atomic mass is 9.90. The average molecular weight is 282 g/mol. The molecule has 0 spiro atoms. The molecular formula is C11H11F5N2O. The molecule has 0 saturated heterocycles. The molecule has 0 amide bonds. The van der Waals surface area contributed by atoms with Crippen LogP contribution in [0.1, 0.15) is 54.5 Å². The smallest absolute Gasteiger partial charge is 0.292 e. The molecule has 0 aromatic carbocycles. The quantitative estimate of drug-likeness (QED) is 0.738. The number of aromatic nitrogens is 2. The maximum Gasteiger partial charge on any atom is 0.435 e. The van der Waals surface area contributed by atoms with Crippen molar-refractivity contribution in [1.29, 1.82) is 0 Å². The van der Waals surface area contributed by atoms with Crippen molar-refractivity contribution >= 4 is 5.78 Å². The molecule has 0 unspecified atom stereocenters. The highest BCUT2D eigenvalue weighted by Gasteiger charge is 2.52. The number of fused-ring (bicyclic) bond motifs is 1. The summed E-state index contributed by atoms with van der Waals surface area (Å²) in [5.41, 5.74) is -3.54. The van der Waals surface area contributed by atoms with Gasteiger partial charge in [0.25, 0.3) is 5.92 Å². The van der Waals surface area contributed by atoms with E-state index in [0.717, 1.165) is 4.68 Å². The van der Waals surface area contributed by atoms with Gasteiger partial charge >= 0.3 is 6.18 Å². The van der Waals surface area contributed by atoms with Gasteiger partial charge in [-0.05, 0) is 13.8 Å². The van der Waals surface area contributed by atoms with Gasteiger partial charge in [-0.25, -0.2) is 8.78 Å². The zero-order valence-electron chi connectivity index (χ0n) is 10.2. The van der Waals surface area contributed by atoms with Gasteiger partial charge in [0, 0.05) is 18.9 Å². The zero-order valence-corrected chi connectivity index (χ0v) is 10.2. The van der Waals surface area contributed by atoms with Crippen LogP contribution in [-0.2, 0) is 12.1 Å². The molecule has 1 aliphatic rings. The summed E-state index contributed by atoms with van der Waals surface area (Å²) < 4.78 is 66.6. The summed E-state index contributed by atoms with van der Waals surface area (Å²) in [5.74, 6) is -4.40. The molecule has 1 heterocycles. The Morgan fingerprint density at radius 1 is 1.32 bits per heavy atom. The van der Waals surface area contributed by atoms with Crippen LogP contribution in [-0.4, -0.2) is 15.6 Å². The van der Waals surface area contributed by atoms with Crippen LogP contribution in [0.15, 0.2) is 0 Å². The Labute approximate surface area is 105 Å². The fourth-order valence-corrected chi connectivity index (χ4v) is 2.13. The standard InChI is InChI=1S/C11H11F5N2O/c1-5(2)18-8-6(19)3-4-10(12,13)7(8)9(17-18)11(14,15)16/h5H,3-4H2,1-2H3. The van der Waals surface area contributed by atoms with E-state index < -0.39 is 53.7 Å². The maximum absolute atomic E-state index is 13.7. The third-order valence-electron chi connectivity index (χ3n) is 2.96. The fourth-order valence-electron chi connectivity index (χ4n) is 2.13. The molecule has 8 heteroatoms. The van der Waals surface area contributed by atoms with Crippen LogP contribution in [0.4, 0.5) is 22.0 Å². The molecule has 0 radical (unpaired) electrons. The number of hydrogen-bond donors (Lipinski definition) is 0. The van der Waals surface area contributed by atoms with E-state index in [2.05, 4.69) is 5.10 Å². The topological polar surface area (TPSA) is 34.9 Å². The van der Waals surface area contributed by atoms with Crippen molar-refractivity contribution < 1.29 is 26.7 Å². The first kappa shape index (κ1) is 14.0. The van der Waals surface area contributed by atoms with Gasteiger partial charge in [-0.3, -0.25) is 9.48 Å². The third kappa shape index (κ3) is 2.12. The predicted molar refractivity (Wildman–Crippen MR) is 55.1 cm³/mol. The summed E-state index contributed by atoms with van der Waals surface area (Å²) in [6, 6.07) is -0.609. The molecule has 0 aliphatic heterocycles. The van der Waals surface area contributed by atoms with E-state index in [9.17, 15) is 26.7 Å². The molecule has 0 bridgehead atoms. The molecule has 3 nitrogen and oxygen atoms in total. The van der Waals surface area contributed by atoms with E-state index in [4.69, 9.17) is 0 Å². The molecule has 19 heavy (non-hydrogen) atoms. The fraction of sp³-hybridized carbons (Fsp3) is 0.636. The number of hydrogen-bond acceptors (Lipinski definition) is 2. The van der Waals surface area contributed by atoms with Crippen molar-refractivity contribution in [2.75, 3.05) is 0 Å². The lowest BCUT2D eigenvalue weighted by Crippen LogP contribution is -2.28. The Morgan fingerprint density at radius 2 is 1.89 bits per heavy atom. The van der Waals surface area contributed by atoms with Gasteiger partial charge in [-0.2, -0.15) is 18.3 Å². The summed E-state index contributed by atoms with van der Waals surface area (Å²) in [5, 5.41) is 3.20. The van der Waals surface area contributed by atoms with Gasteiger partial charge in [0.15, 0.2) is 11.5 Å². The largest absolute Gasteiger partial charge is 0.435 e. The Bertz CT molecular complexity index is 530. The molecule has 1 aromatic rings. The van der Waals surface area contributed by atoms with E-state index in [1.165, 1.54) is 13.8 Å². The van der Waals surface area contributed by atoms with Gasteiger partial charge in [0.1, 0.15) is 5.69 Å². The maximum atomic E-state index is 13.7. The van der Waals surface area contributed by atoms with Gasteiger partial charge in [0.05, 0.1) is 5.56 Å². The highest BCUT2D eigenvalue weighted by molar-refractivity contribution is 5.97. The van der Waals surface area contributed by atoms with Crippen molar-refractivity contribution in [3.05, 3.63) is 17.0 Å². The van der Waals surface area contributed by atoms with Crippen LogP contribution < -0.4 is 0 Å². The molecule has 0 N–H and O–H groups in total. The van der Waals surface area contributed by atoms with Crippen molar-refractivity contribution in [3.63, 3.8) is 0 Å². The second-order valence-corrected chi connectivity index (χ2v) is 4.74. The summed E-state index contributed by atoms with van der Waals surface area (Å²) in [7, 11) is 0. The number of rotatable bonds is 1. The third-order valence-corrected chi connectivity index (χ3v) is 2.96. The molecule has 2 rings (SSSR count). The summed E-state index contributed by atoms with van der Waals surface area (Å²) in [4.78, 5) is 11.7. The highest BCUT2D eigenvalue weighted by Crippen LogP contribution is 2.46. The van der Waals surface area contributed by atoms with Crippen LogP contribution >= 0.6 is 0 Å². The number of carbonyl (C=O) groups excluding carboxylic acids is 1. The Morgan fingerprint density at radius 3 is 2.37 bits per heavy atom.